The number of nitrogens with zero attached hydrogens (tertiary/aromatic N) is 3. The summed E-state index contributed by atoms with van der Waals surface area (Å²) in [6.45, 7) is 1.66. The molecule has 3 aliphatic heterocycles. The average Bonchev–Trinajstić information content (AvgIpc) is 3.54. The quantitative estimate of drug-likeness (QED) is 0.751. The molecule has 9 nitrogen and oxygen atoms in total. The van der Waals surface area contributed by atoms with E-state index in [-0.39, 0.29) is 22.8 Å². The summed E-state index contributed by atoms with van der Waals surface area (Å²) in [4.78, 5) is 29.3. The van der Waals surface area contributed by atoms with Crippen molar-refractivity contribution in [1.29, 1.82) is 0 Å². The standard InChI is InChI=1S/C22H24N4O5S/c27-21(23-15-9-12-25(13-10-15)22(28)18-7-4-14-31-18)17-6-3-11-26(17)20-16-5-1-2-8-19(16)32(29,30)24-20/h1-2,4-5,7-8,14-15,17H,3,6,9-13H2,(H,23,27)/t17-/m0/s1. The minimum atomic E-state index is -3.73. The summed E-state index contributed by atoms with van der Waals surface area (Å²) in [5.74, 6) is 0.419. The molecule has 2 fully saturated rings. The normalized spacial score (nSPS) is 22.5. The van der Waals surface area contributed by atoms with E-state index >= 15 is 0 Å². The first kappa shape index (κ1) is 20.7. The predicted octanol–water partition coefficient (Wildman–Crippen LogP) is 1.61. The number of benzene rings is 1. The van der Waals surface area contributed by atoms with E-state index in [0.717, 1.165) is 6.42 Å². The van der Waals surface area contributed by atoms with Gasteiger partial charge in [-0.1, -0.05) is 12.1 Å². The monoisotopic (exact) mass is 456 g/mol. The molecule has 2 saturated heterocycles. The van der Waals surface area contributed by atoms with E-state index < -0.39 is 16.1 Å². The van der Waals surface area contributed by atoms with E-state index in [4.69, 9.17) is 4.42 Å². The number of hydrogen-bond acceptors (Lipinski definition) is 6. The predicted molar refractivity (Wildman–Crippen MR) is 116 cm³/mol. The molecule has 3 aliphatic rings. The van der Waals surface area contributed by atoms with Gasteiger partial charge in [0.05, 0.1) is 6.26 Å². The van der Waals surface area contributed by atoms with Crippen LogP contribution in [0.2, 0.25) is 0 Å². The molecule has 0 radical (unpaired) electrons. The van der Waals surface area contributed by atoms with E-state index in [9.17, 15) is 18.0 Å². The third-order valence-electron chi connectivity index (χ3n) is 6.30. The van der Waals surface area contributed by atoms with Gasteiger partial charge in [0.15, 0.2) is 11.6 Å². The molecule has 2 aromatic rings. The largest absolute Gasteiger partial charge is 0.459 e. The minimum Gasteiger partial charge on any atom is -0.459 e. The van der Waals surface area contributed by atoms with Crippen LogP contribution in [0.4, 0.5) is 0 Å². The van der Waals surface area contributed by atoms with Crippen LogP contribution in [0, 0.1) is 0 Å². The van der Waals surface area contributed by atoms with Gasteiger partial charge in [0, 0.05) is 31.2 Å². The van der Waals surface area contributed by atoms with E-state index in [2.05, 4.69) is 9.71 Å². The number of carbonyl (C=O) groups excluding carboxylic acids is 2. The van der Waals surface area contributed by atoms with Crippen LogP contribution in [-0.2, 0) is 14.8 Å². The van der Waals surface area contributed by atoms with Gasteiger partial charge in [-0.15, -0.1) is 4.40 Å². The van der Waals surface area contributed by atoms with E-state index in [1.807, 2.05) is 4.90 Å². The van der Waals surface area contributed by atoms with Gasteiger partial charge in [-0.2, -0.15) is 8.42 Å². The van der Waals surface area contributed by atoms with Crippen LogP contribution >= 0.6 is 0 Å². The Morgan fingerprint density at radius 1 is 1.03 bits per heavy atom. The summed E-state index contributed by atoms with van der Waals surface area (Å²) in [6, 6.07) is 9.57. The number of furan rings is 1. The van der Waals surface area contributed by atoms with Gasteiger partial charge in [0.2, 0.25) is 5.91 Å². The zero-order valence-electron chi connectivity index (χ0n) is 17.4. The van der Waals surface area contributed by atoms with Gasteiger partial charge in [0.1, 0.15) is 10.9 Å². The molecule has 5 rings (SSSR count). The lowest BCUT2D eigenvalue weighted by molar-refractivity contribution is -0.125. The number of fused-ring (bicyclic) bond motifs is 1. The second-order valence-electron chi connectivity index (χ2n) is 8.29. The second-order valence-corrected chi connectivity index (χ2v) is 9.86. The zero-order valence-corrected chi connectivity index (χ0v) is 18.3. The number of sulfonamides is 1. The van der Waals surface area contributed by atoms with Crippen molar-refractivity contribution in [2.75, 3.05) is 19.6 Å². The van der Waals surface area contributed by atoms with E-state index in [1.165, 1.54) is 6.26 Å². The zero-order chi connectivity index (χ0) is 22.3. The van der Waals surface area contributed by atoms with Crippen molar-refractivity contribution in [3.8, 4) is 0 Å². The molecule has 32 heavy (non-hydrogen) atoms. The molecule has 0 unspecified atom stereocenters. The van der Waals surface area contributed by atoms with Crippen LogP contribution in [0.3, 0.4) is 0 Å². The van der Waals surface area contributed by atoms with Crippen LogP contribution in [0.1, 0.15) is 41.8 Å². The Balaban J connectivity index is 1.23. The summed E-state index contributed by atoms with van der Waals surface area (Å²) < 4.78 is 34.0. The Hall–Kier alpha value is -3.14. The summed E-state index contributed by atoms with van der Waals surface area (Å²) in [6.07, 6.45) is 4.22. The third-order valence-corrected chi connectivity index (χ3v) is 7.63. The van der Waals surface area contributed by atoms with E-state index in [1.54, 1.807) is 41.3 Å². The van der Waals surface area contributed by atoms with Crippen molar-refractivity contribution in [2.45, 2.75) is 42.7 Å². The van der Waals surface area contributed by atoms with Gasteiger partial charge < -0.3 is 19.5 Å². The first-order valence-corrected chi connectivity index (χ1v) is 12.2. The molecular weight excluding hydrogens is 432 g/mol. The van der Waals surface area contributed by atoms with Gasteiger partial charge >= 0.3 is 0 Å². The fourth-order valence-electron chi connectivity index (χ4n) is 4.67. The van der Waals surface area contributed by atoms with Gasteiger partial charge in [0.25, 0.3) is 15.9 Å². The van der Waals surface area contributed by atoms with Crippen LogP contribution in [0.5, 0.6) is 0 Å². The fraction of sp³-hybridized carbons (Fsp3) is 0.409. The molecule has 1 atom stereocenters. The van der Waals surface area contributed by atoms with Crippen LogP contribution < -0.4 is 5.32 Å². The van der Waals surface area contributed by atoms with Crippen LogP contribution in [0.25, 0.3) is 0 Å². The number of rotatable bonds is 3. The summed E-state index contributed by atoms with van der Waals surface area (Å²) in [7, 11) is -3.73. The molecule has 0 aliphatic carbocycles. The summed E-state index contributed by atoms with van der Waals surface area (Å²) in [5, 5.41) is 3.11. The SMILES string of the molecule is O=C(NC1CCN(C(=O)c2ccco2)CC1)[C@@H]1CCCN1C1=NS(=O)(=O)c2ccccc21. The van der Waals surface area contributed by atoms with Crippen LogP contribution in [-0.4, -0.2) is 67.6 Å². The minimum absolute atomic E-state index is 0.0351. The highest BCUT2D eigenvalue weighted by Gasteiger charge is 2.39. The van der Waals surface area contributed by atoms with Crippen molar-refractivity contribution in [3.05, 3.63) is 54.0 Å². The number of nitrogens with one attached hydrogen (secondary N) is 1. The molecule has 2 amide bonds. The fourth-order valence-corrected chi connectivity index (χ4v) is 5.89. The number of piperidine rings is 1. The maximum Gasteiger partial charge on any atom is 0.289 e. The first-order chi connectivity index (χ1) is 15.4. The average molecular weight is 457 g/mol. The summed E-state index contributed by atoms with van der Waals surface area (Å²) in [5.41, 5.74) is 0.553. The number of amides is 2. The Bertz CT molecular complexity index is 1170. The molecule has 0 spiro atoms. The first-order valence-electron chi connectivity index (χ1n) is 10.8. The number of likely N-dealkylation sites (tertiary alicyclic amines) is 2. The van der Waals surface area contributed by atoms with E-state index in [0.29, 0.717) is 56.1 Å². The molecule has 1 aromatic heterocycles. The highest BCUT2D eigenvalue weighted by molar-refractivity contribution is 7.90. The van der Waals surface area contributed by atoms with Crippen molar-refractivity contribution < 1.29 is 22.4 Å². The maximum atomic E-state index is 13.1. The highest BCUT2D eigenvalue weighted by Crippen LogP contribution is 2.31. The molecule has 0 saturated carbocycles. The van der Waals surface area contributed by atoms with Crippen molar-refractivity contribution in [3.63, 3.8) is 0 Å². The molecule has 0 bridgehead atoms. The Labute approximate surface area is 186 Å². The van der Waals surface area contributed by atoms with Crippen molar-refractivity contribution in [1.82, 2.24) is 15.1 Å². The molecule has 4 heterocycles. The highest BCUT2D eigenvalue weighted by atomic mass is 32.2. The lowest BCUT2D eigenvalue weighted by atomic mass is 10.0. The molecule has 10 heteroatoms. The Kier molecular flexibility index (Phi) is 5.24. The topological polar surface area (TPSA) is 112 Å². The van der Waals surface area contributed by atoms with Gasteiger partial charge in [-0.3, -0.25) is 9.59 Å². The number of hydrogen-bond donors (Lipinski definition) is 1. The van der Waals surface area contributed by atoms with Gasteiger partial charge in [-0.25, -0.2) is 0 Å². The lowest BCUT2D eigenvalue weighted by Gasteiger charge is -2.33. The lowest BCUT2D eigenvalue weighted by Crippen LogP contribution is -2.52. The smallest absolute Gasteiger partial charge is 0.289 e. The Morgan fingerprint density at radius 3 is 2.56 bits per heavy atom. The summed E-state index contributed by atoms with van der Waals surface area (Å²) >= 11 is 0. The molecule has 168 valence electrons. The third kappa shape index (κ3) is 3.68. The van der Waals surface area contributed by atoms with Crippen molar-refractivity contribution in [2.24, 2.45) is 4.40 Å². The molecule has 1 N–H and O–H groups in total. The maximum absolute atomic E-state index is 13.1. The molecular formula is C22H24N4O5S. The number of carbonyl (C=O) groups is 2. The molecule has 1 aromatic carbocycles. The van der Waals surface area contributed by atoms with Gasteiger partial charge in [-0.05, 0) is 49.9 Å². The number of amidine groups is 1. The van der Waals surface area contributed by atoms with Crippen molar-refractivity contribution >= 4 is 27.7 Å². The second kappa shape index (κ2) is 8.09. The van der Waals surface area contributed by atoms with Crippen LogP contribution in [0.15, 0.2) is 56.4 Å². The Morgan fingerprint density at radius 2 is 1.81 bits per heavy atom.